The number of nitrogens with zero attached hydrogens (tertiary/aromatic N) is 3. The van der Waals surface area contributed by atoms with Crippen molar-refractivity contribution in [3.8, 4) is 5.75 Å². The number of hydrogen-bond acceptors (Lipinski definition) is 6. The highest BCUT2D eigenvalue weighted by Gasteiger charge is 2.39. The van der Waals surface area contributed by atoms with Crippen molar-refractivity contribution in [3.63, 3.8) is 0 Å². The van der Waals surface area contributed by atoms with E-state index in [0.717, 1.165) is 6.42 Å². The Hall–Kier alpha value is -2.17. The van der Waals surface area contributed by atoms with Crippen molar-refractivity contribution in [3.05, 3.63) is 24.3 Å². The molecule has 160 valence electrons. The smallest absolute Gasteiger partial charge is 0.325 e. The third kappa shape index (κ3) is 4.71. The van der Waals surface area contributed by atoms with Crippen LogP contribution in [0.1, 0.15) is 26.7 Å². The molecule has 0 spiro atoms. The van der Waals surface area contributed by atoms with Crippen LogP contribution in [0.2, 0.25) is 0 Å². The lowest BCUT2D eigenvalue weighted by molar-refractivity contribution is -0.129. The number of urea groups is 1. The number of carbonyl (C=O) groups is 2. The maximum atomic E-state index is 12.9. The van der Waals surface area contributed by atoms with Crippen molar-refractivity contribution < 1.29 is 22.7 Å². The van der Waals surface area contributed by atoms with Crippen LogP contribution in [-0.4, -0.2) is 80.0 Å². The molecule has 9 nitrogen and oxygen atoms in total. The van der Waals surface area contributed by atoms with Crippen molar-refractivity contribution >= 4 is 22.0 Å². The quantitative estimate of drug-likeness (QED) is 0.627. The number of carbonyl (C=O) groups excluding carboxylic acids is 2. The molecule has 0 aliphatic carbocycles. The molecule has 2 saturated heterocycles. The molecule has 0 saturated carbocycles. The summed E-state index contributed by atoms with van der Waals surface area (Å²) < 4.78 is 32.5. The van der Waals surface area contributed by atoms with E-state index in [4.69, 9.17) is 4.74 Å². The van der Waals surface area contributed by atoms with Crippen molar-refractivity contribution in [1.29, 1.82) is 0 Å². The standard InChI is InChI=1S/C19H28N4O5S/c1-3-5-17-18(24)23(19(25)20-17)14-21-10-12-22(13-11-21)29(26,27)16-8-6-15(7-9-16)28-4-2/h6-9,17H,3-5,10-14H2,1-2H3,(H,20,25)/t17-/m0/s1. The largest absolute Gasteiger partial charge is 0.494 e. The van der Waals surface area contributed by atoms with Crippen molar-refractivity contribution in [1.82, 2.24) is 19.4 Å². The number of nitrogens with one attached hydrogen (secondary N) is 1. The molecule has 0 unspecified atom stereocenters. The first-order valence-corrected chi connectivity index (χ1v) is 11.4. The van der Waals surface area contributed by atoms with Gasteiger partial charge in [-0.1, -0.05) is 13.3 Å². The molecule has 1 aromatic rings. The Kier molecular flexibility index (Phi) is 6.76. The minimum absolute atomic E-state index is 0.182. The third-order valence-corrected chi connectivity index (χ3v) is 7.04. The van der Waals surface area contributed by atoms with Gasteiger partial charge in [0, 0.05) is 26.2 Å². The monoisotopic (exact) mass is 424 g/mol. The van der Waals surface area contributed by atoms with Crippen LogP contribution >= 0.6 is 0 Å². The van der Waals surface area contributed by atoms with E-state index in [0.29, 0.717) is 45.0 Å². The van der Waals surface area contributed by atoms with E-state index in [9.17, 15) is 18.0 Å². The van der Waals surface area contributed by atoms with Crippen molar-refractivity contribution in [2.24, 2.45) is 0 Å². The van der Waals surface area contributed by atoms with Crippen LogP contribution in [0.3, 0.4) is 0 Å². The van der Waals surface area contributed by atoms with Gasteiger partial charge in [0.05, 0.1) is 18.2 Å². The Labute approximate surface area is 171 Å². The van der Waals surface area contributed by atoms with Gasteiger partial charge in [0.15, 0.2) is 0 Å². The number of imide groups is 1. The van der Waals surface area contributed by atoms with Gasteiger partial charge in [0.2, 0.25) is 10.0 Å². The molecule has 0 aromatic heterocycles. The minimum Gasteiger partial charge on any atom is -0.494 e. The Balaban J connectivity index is 1.57. The number of amides is 3. The van der Waals surface area contributed by atoms with E-state index in [-0.39, 0.29) is 23.5 Å². The van der Waals surface area contributed by atoms with Crippen LogP contribution in [-0.2, 0) is 14.8 Å². The molecule has 10 heteroatoms. The fourth-order valence-corrected chi connectivity index (χ4v) is 4.95. The van der Waals surface area contributed by atoms with E-state index < -0.39 is 16.1 Å². The molecule has 29 heavy (non-hydrogen) atoms. The van der Waals surface area contributed by atoms with Gasteiger partial charge in [-0.2, -0.15) is 4.31 Å². The van der Waals surface area contributed by atoms with Crippen LogP contribution < -0.4 is 10.1 Å². The summed E-state index contributed by atoms with van der Waals surface area (Å²) in [6.07, 6.45) is 1.43. The summed E-state index contributed by atoms with van der Waals surface area (Å²) in [6.45, 7) is 6.04. The molecular weight excluding hydrogens is 396 g/mol. The van der Waals surface area contributed by atoms with Crippen LogP contribution in [0.25, 0.3) is 0 Å². The van der Waals surface area contributed by atoms with Crippen molar-refractivity contribution in [2.45, 2.75) is 37.6 Å². The van der Waals surface area contributed by atoms with E-state index in [1.54, 1.807) is 24.3 Å². The summed E-state index contributed by atoms with van der Waals surface area (Å²) in [6, 6.07) is 5.57. The fraction of sp³-hybridized carbons (Fsp3) is 0.579. The van der Waals surface area contributed by atoms with Gasteiger partial charge in [0.1, 0.15) is 11.8 Å². The Morgan fingerprint density at radius 3 is 2.31 bits per heavy atom. The van der Waals surface area contributed by atoms with Crippen LogP contribution in [0, 0.1) is 0 Å². The second-order valence-corrected chi connectivity index (χ2v) is 9.06. The van der Waals surface area contributed by atoms with E-state index in [1.165, 1.54) is 9.21 Å². The second kappa shape index (κ2) is 9.10. The lowest BCUT2D eigenvalue weighted by atomic mass is 10.2. The summed E-state index contributed by atoms with van der Waals surface area (Å²) in [5, 5.41) is 2.71. The van der Waals surface area contributed by atoms with Crippen molar-refractivity contribution in [2.75, 3.05) is 39.5 Å². The van der Waals surface area contributed by atoms with E-state index >= 15 is 0 Å². The predicted molar refractivity (Wildman–Crippen MR) is 107 cm³/mol. The summed E-state index contributed by atoms with van der Waals surface area (Å²) in [5.74, 6) is 0.424. The van der Waals surface area contributed by atoms with Gasteiger partial charge in [0.25, 0.3) is 5.91 Å². The second-order valence-electron chi connectivity index (χ2n) is 7.12. The van der Waals surface area contributed by atoms with Gasteiger partial charge >= 0.3 is 6.03 Å². The molecule has 3 rings (SSSR count). The highest BCUT2D eigenvalue weighted by Crippen LogP contribution is 2.21. The molecule has 1 atom stereocenters. The first-order valence-electron chi connectivity index (χ1n) is 9.94. The Morgan fingerprint density at radius 2 is 1.72 bits per heavy atom. The van der Waals surface area contributed by atoms with E-state index in [2.05, 4.69) is 5.32 Å². The zero-order valence-electron chi connectivity index (χ0n) is 16.8. The molecule has 2 aliphatic heterocycles. The lowest BCUT2D eigenvalue weighted by Crippen LogP contribution is -2.52. The van der Waals surface area contributed by atoms with E-state index in [1.807, 2.05) is 18.7 Å². The molecular formula is C19H28N4O5S. The van der Waals surface area contributed by atoms with Gasteiger partial charge in [-0.15, -0.1) is 0 Å². The number of ether oxygens (including phenoxy) is 1. The SMILES string of the molecule is CCC[C@@H]1NC(=O)N(CN2CCN(S(=O)(=O)c3ccc(OCC)cc3)CC2)C1=O. The fourth-order valence-electron chi connectivity index (χ4n) is 3.53. The average Bonchev–Trinajstić information content (AvgIpc) is 2.97. The summed E-state index contributed by atoms with van der Waals surface area (Å²) >= 11 is 0. The number of rotatable bonds is 8. The highest BCUT2D eigenvalue weighted by molar-refractivity contribution is 7.89. The Morgan fingerprint density at radius 1 is 1.07 bits per heavy atom. The maximum absolute atomic E-state index is 12.9. The number of sulfonamides is 1. The summed E-state index contributed by atoms with van der Waals surface area (Å²) in [4.78, 5) is 27.8. The first-order chi connectivity index (χ1) is 13.9. The molecule has 3 amide bonds. The van der Waals surface area contributed by atoms with Crippen LogP contribution in [0.15, 0.2) is 29.2 Å². The van der Waals surface area contributed by atoms with Gasteiger partial charge in [-0.25, -0.2) is 18.1 Å². The zero-order valence-corrected chi connectivity index (χ0v) is 17.7. The third-order valence-electron chi connectivity index (χ3n) is 5.13. The summed E-state index contributed by atoms with van der Waals surface area (Å²) in [7, 11) is -3.59. The highest BCUT2D eigenvalue weighted by atomic mass is 32.2. The first kappa shape index (κ1) is 21.5. The average molecular weight is 425 g/mol. The molecule has 2 fully saturated rings. The lowest BCUT2D eigenvalue weighted by Gasteiger charge is -2.35. The molecule has 0 radical (unpaired) electrons. The van der Waals surface area contributed by atoms with Gasteiger partial charge in [-0.3, -0.25) is 9.69 Å². The topological polar surface area (TPSA) is 99.3 Å². The molecule has 0 bridgehead atoms. The van der Waals surface area contributed by atoms with Crippen LogP contribution in [0.5, 0.6) is 5.75 Å². The molecule has 1 N–H and O–H groups in total. The number of benzene rings is 1. The maximum Gasteiger partial charge on any atom is 0.325 e. The number of piperazine rings is 1. The number of hydrogen-bond donors (Lipinski definition) is 1. The predicted octanol–water partition coefficient (Wildman–Crippen LogP) is 1.07. The van der Waals surface area contributed by atoms with Crippen LogP contribution in [0.4, 0.5) is 4.79 Å². The summed E-state index contributed by atoms with van der Waals surface area (Å²) in [5.41, 5.74) is 0. The normalized spacial score (nSPS) is 21.4. The minimum atomic E-state index is -3.59. The molecule has 1 aromatic carbocycles. The zero-order chi connectivity index (χ0) is 21.0. The molecule has 2 heterocycles. The van der Waals surface area contributed by atoms with Gasteiger partial charge in [-0.05, 0) is 37.6 Å². The Bertz CT molecular complexity index is 835. The van der Waals surface area contributed by atoms with Gasteiger partial charge < -0.3 is 10.1 Å². The molecule has 2 aliphatic rings.